The first kappa shape index (κ1) is 11.4. The number of carbonyl (C=O) groups excluding carboxylic acids is 1. The molecule has 12 heavy (non-hydrogen) atoms. The Hall–Kier alpha value is -0.610. The highest BCUT2D eigenvalue weighted by Crippen LogP contribution is 1.91. The normalized spacial score (nSPS) is 10.3. The number of hydrogen-bond acceptors (Lipinski definition) is 4. The highest BCUT2D eigenvalue weighted by atomic mass is 16.5. The van der Waals surface area contributed by atoms with E-state index in [1.807, 2.05) is 13.8 Å². The SMILES string of the molecule is CC(C)COC(=O)CNCCO. The highest BCUT2D eigenvalue weighted by molar-refractivity contribution is 5.71. The molecule has 0 aliphatic carbocycles. The predicted octanol–water partition coefficient (Wildman–Crippen LogP) is -0.233. The lowest BCUT2D eigenvalue weighted by Gasteiger charge is -2.06. The summed E-state index contributed by atoms with van der Waals surface area (Å²) >= 11 is 0. The quantitative estimate of drug-likeness (QED) is 0.432. The van der Waals surface area contributed by atoms with Crippen molar-refractivity contribution in [2.24, 2.45) is 5.92 Å². The van der Waals surface area contributed by atoms with E-state index in [0.717, 1.165) is 0 Å². The summed E-state index contributed by atoms with van der Waals surface area (Å²) in [5.41, 5.74) is 0. The van der Waals surface area contributed by atoms with Gasteiger partial charge in [-0.1, -0.05) is 13.8 Å². The fraction of sp³-hybridized carbons (Fsp3) is 0.875. The summed E-state index contributed by atoms with van der Waals surface area (Å²) in [6.45, 7) is 5.06. The minimum absolute atomic E-state index is 0.0391. The van der Waals surface area contributed by atoms with E-state index in [2.05, 4.69) is 5.32 Å². The van der Waals surface area contributed by atoms with Gasteiger partial charge < -0.3 is 15.2 Å². The monoisotopic (exact) mass is 175 g/mol. The summed E-state index contributed by atoms with van der Waals surface area (Å²) in [7, 11) is 0. The van der Waals surface area contributed by atoms with Crippen LogP contribution in [0.15, 0.2) is 0 Å². The fourth-order valence-corrected chi connectivity index (χ4v) is 0.580. The molecular weight excluding hydrogens is 158 g/mol. The zero-order valence-electron chi connectivity index (χ0n) is 7.67. The van der Waals surface area contributed by atoms with Gasteiger partial charge in [0.2, 0.25) is 0 Å². The molecule has 0 atom stereocenters. The molecule has 0 rings (SSSR count). The molecule has 0 saturated heterocycles. The van der Waals surface area contributed by atoms with Crippen molar-refractivity contribution in [2.45, 2.75) is 13.8 Å². The summed E-state index contributed by atoms with van der Waals surface area (Å²) in [6.07, 6.45) is 0. The standard InChI is InChI=1S/C8H17NO3/c1-7(2)6-12-8(11)5-9-3-4-10/h7,9-10H,3-6H2,1-2H3. The molecule has 2 N–H and O–H groups in total. The maximum atomic E-state index is 10.9. The molecule has 0 spiro atoms. The maximum Gasteiger partial charge on any atom is 0.319 e. The number of nitrogens with one attached hydrogen (secondary N) is 1. The molecule has 0 aliphatic rings. The van der Waals surface area contributed by atoms with Crippen LogP contribution in [0.3, 0.4) is 0 Å². The Labute approximate surface area is 72.9 Å². The average molecular weight is 175 g/mol. The van der Waals surface area contributed by atoms with Crippen LogP contribution in [0, 0.1) is 5.92 Å². The average Bonchev–Trinajstić information content (AvgIpc) is 2.01. The number of aliphatic hydroxyl groups is 1. The second-order valence-corrected chi connectivity index (χ2v) is 2.98. The van der Waals surface area contributed by atoms with E-state index in [-0.39, 0.29) is 19.1 Å². The van der Waals surface area contributed by atoms with E-state index in [9.17, 15) is 4.79 Å². The van der Waals surface area contributed by atoms with Crippen LogP contribution in [0.5, 0.6) is 0 Å². The van der Waals surface area contributed by atoms with Crippen LogP contribution in [-0.2, 0) is 9.53 Å². The van der Waals surface area contributed by atoms with Crippen molar-refractivity contribution in [3.8, 4) is 0 Å². The van der Waals surface area contributed by atoms with E-state index in [1.165, 1.54) is 0 Å². The minimum atomic E-state index is -0.267. The van der Waals surface area contributed by atoms with Crippen molar-refractivity contribution in [1.29, 1.82) is 0 Å². The summed E-state index contributed by atoms with van der Waals surface area (Å²) < 4.78 is 4.87. The zero-order chi connectivity index (χ0) is 9.40. The zero-order valence-corrected chi connectivity index (χ0v) is 7.67. The lowest BCUT2D eigenvalue weighted by molar-refractivity contribution is -0.143. The molecule has 0 unspecified atom stereocenters. The third kappa shape index (κ3) is 7.50. The van der Waals surface area contributed by atoms with Crippen molar-refractivity contribution in [3.05, 3.63) is 0 Å². The Morgan fingerprint density at radius 2 is 2.25 bits per heavy atom. The van der Waals surface area contributed by atoms with Gasteiger partial charge in [0.25, 0.3) is 0 Å². The van der Waals surface area contributed by atoms with Crippen molar-refractivity contribution < 1.29 is 14.6 Å². The lowest BCUT2D eigenvalue weighted by Crippen LogP contribution is -2.27. The molecule has 0 aromatic heterocycles. The molecule has 0 aromatic carbocycles. The minimum Gasteiger partial charge on any atom is -0.464 e. The summed E-state index contributed by atoms with van der Waals surface area (Å²) in [5, 5.41) is 11.1. The summed E-state index contributed by atoms with van der Waals surface area (Å²) in [5.74, 6) is 0.101. The summed E-state index contributed by atoms with van der Waals surface area (Å²) in [4.78, 5) is 10.9. The molecule has 0 aliphatic heterocycles. The molecule has 0 saturated carbocycles. The number of aliphatic hydroxyl groups excluding tert-OH is 1. The first-order chi connectivity index (χ1) is 5.66. The van der Waals surface area contributed by atoms with Gasteiger partial charge in [-0.25, -0.2) is 0 Å². The van der Waals surface area contributed by atoms with Crippen molar-refractivity contribution in [2.75, 3.05) is 26.3 Å². The number of esters is 1. The van der Waals surface area contributed by atoms with Crippen LogP contribution in [0.2, 0.25) is 0 Å². The molecule has 4 nitrogen and oxygen atoms in total. The Bertz CT molecular complexity index is 125. The second kappa shape index (κ2) is 7.06. The van der Waals surface area contributed by atoms with Gasteiger partial charge in [-0.2, -0.15) is 0 Å². The van der Waals surface area contributed by atoms with E-state index in [4.69, 9.17) is 9.84 Å². The third-order valence-corrected chi connectivity index (χ3v) is 1.14. The van der Waals surface area contributed by atoms with Crippen molar-refractivity contribution >= 4 is 5.97 Å². The maximum absolute atomic E-state index is 10.9. The molecule has 0 radical (unpaired) electrons. The molecule has 0 amide bonds. The van der Waals surface area contributed by atoms with Crippen LogP contribution in [0.4, 0.5) is 0 Å². The van der Waals surface area contributed by atoms with Crippen LogP contribution in [0.25, 0.3) is 0 Å². The molecule has 0 bridgehead atoms. The molecule has 0 aromatic rings. The Morgan fingerprint density at radius 3 is 2.75 bits per heavy atom. The molecule has 0 fully saturated rings. The van der Waals surface area contributed by atoms with E-state index in [1.54, 1.807) is 0 Å². The van der Waals surface area contributed by atoms with E-state index in [0.29, 0.717) is 19.1 Å². The fourth-order valence-electron chi connectivity index (χ4n) is 0.580. The molecular formula is C8H17NO3. The van der Waals surface area contributed by atoms with Crippen LogP contribution in [-0.4, -0.2) is 37.4 Å². The third-order valence-electron chi connectivity index (χ3n) is 1.14. The first-order valence-electron chi connectivity index (χ1n) is 4.14. The number of rotatable bonds is 6. The predicted molar refractivity (Wildman–Crippen MR) is 45.8 cm³/mol. The number of carbonyl (C=O) groups is 1. The van der Waals surface area contributed by atoms with Gasteiger partial charge in [0.15, 0.2) is 0 Å². The summed E-state index contributed by atoms with van der Waals surface area (Å²) in [6, 6.07) is 0. The van der Waals surface area contributed by atoms with E-state index < -0.39 is 0 Å². The topological polar surface area (TPSA) is 58.6 Å². The van der Waals surface area contributed by atoms with Gasteiger partial charge in [0, 0.05) is 6.54 Å². The van der Waals surface area contributed by atoms with Gasteiger partial charge in [-0.05, 0) is 5.92 Å². The number of hydrogen-bond donors (Lipinski definition) is 2. The van der Waals surface area contributed by atoms with Gasteiger partial charge in [-0.3, -0.25) is 4.79 Å². The Kier molecular flexibility index (Phi) is 6.70. The molecule has 4 heteroatoms. The van der Waals surface area contributed by atoms with Crippen LogP contribution in [0.1, 0.15) is 13.8 Å². The second-order valence-electron chi connectivity index (χ2n) is 2.98. The Morgan fingerprint density at radius 1 is 1.58 bits per heavy atom. The van der Waals surface area contributed by atoms with E-state index >= 15 is 0 Å². The highest BCUT2D eigenvalue weighted by Gasteiger charge is 2.02. The number of ether oxygens (including phenoxy) is 1. The van der Waals surface area contributed by atoms with Gasteiger partial charge in [0.05, 0.1) is 19.8 Å². The van der Waals surface area contributed by atoms with Crippen molar-refractivity contribution in [1.82, 2.24) is 5.32 Å². The van der Waals surface area contributed by atoms with Crippen molar-refractivity contribution in [3.63, 3.8) is 0 Å². The van der Waals surface area contributed by atoms with Gasteiger partial charge >= 0.3 is 5.97 Å². The van der Waals surface area contributed by atoms with Crippen LogP contribution < -0.4 is 5.32 Å². The largest absolute Gasteiger partial charge is 0.464 e. The first-order valence-corrected chi connectivity index (χ1v) is 4.14. The van der Waals surface area contributed by atoms with Gasteiger partial charge in [-0.15, -0.1) is 0 Å². The van der Waals surface area contributed by atoms with Crippen LogP contribution >= 0.6 is 0 Å². The molecule has 0 heterocycles. The van der Waals surface area contributed by atoms with Gasteiger partial charge in [0.1, 0.15) is 0 Å². The Balaban J connectivity index is 3.22. The molecule has 72 valence electrons. The lowest BCUT2D eigenvalue weighted by atomic mass is 10.2. The smallest absolute Gasteiger partial charge is 0.319 e.